The van der Waals surface area contributed by atoms with E-state index in [9.17, 15) is 22.6 Å². The van der Waals surface area contributed by atoms with Gasteiger partial charge in [-0.3, -0.25) is 14.1 Å². The zero-order chi connectivity index (χ0) is 21.5. The fraction of sp³-hybridized carbons (Fsp3) is 0. The average Bonchev–Trinajstić information content (AvgIpc) is 2.72. The first-order valence-corrected chi connectivity index (χ1v) is 10.3. The number of carbonyl (C=O) groups excluding carboxylic acids is 2. The largest absolute Gasteiger partial charge is 0.361 e. The maximum absolute atomic E-state index is 13.3. The molecule has 30 heavy (non-hydrogen) atoms. The van der Waals surface area contributed by atoms with Crippen LogP contribution in [0.15, 0.2) is 78.3 Å². The summed E-state index contributed by atoms with van der Waals surface area (Å²) in [6.07, 6.45) is 1.17. The number of hydrogen-bond acceptors (Lipinski definition) is 6. The molecule has 0 amide bonds. The number of carbonyl (C=O) groups is 2. The van der Waals surface area contributed by atoms with E-state index in [2.05, 4.69) is 17.2 Å². The van der Waals surface area contributed by atoms with Crippen molar-refractivity contribution in [2.45, 2.75) is 4.90 Å². The summed E-state index contributed by atoms with van der Waals surface area (Å²) < 4.78 is 34.0. The van der Waals surface area contributed by atoms with Crippen LogP contribution in [0.2, 0.25) is 0 Å². The minimum atomic E-state index is -4.74. The van der Waals surface area contributed by atoms with Gasteiger partial charge in [0.15, 0.2) is 11.6 Å². The first kappa shape index (κ1) is 19.6. The Morgan fingerprint density at radius 2 is 1.43 bits per heavy atom. The van der Waals surface area contributed by atoms with Gasteiger partial charge in [0.1, 0.15) is 4.90 Å². The zero-order valence-electron chi connectivity index (χ0n) is 15.5. The van der Waals surface area contributed by atoms with Crippen molar-refractivity contribution in [1.82, 2.24) is 0 Å². The molecule has 1 aliphatic rings. The van der Waals surface area contributed by atoms with Gasteiger partial charge < -0.3 is 10.6 Å². The lowest BCUT2D eigenvalue weighted by Crippen LogP contribution is -2.24. The van der Waals surface area contributed by atoms with Crippen LogP contribution in [-0.2, 0) is 10.1 Å². The molecule has 0 atom stereocenters. The fourth-order valence-corrected chi connectivity index (χ4v) is 4.18. The van der Waals surface area contributed by atoms with Gasteiger partial charge in [-0.25, -0.2) is 0 Å². The van der Waals surface area contributed by atoms with E-state index in [-0.39, 0.29) is 33.6 Å². The summed E-state index contributed by atoms with van der Waals surface area (Å²) in [7, 11) is -4.74. The molecule has 0 aliphatic heterocycles. The second-order valence-electron chi connectivity index (χ2n) is 6.57. The zero-order valence-corrected chi connectivity index (χ0v) is 16.4. The predicted octanol–water partition coefficient (Wildman–Crippen LogP) is 4.01. The van der Waals surface area contributed by atoms with Crippen molar-refractivity contribution in [3.8, 4) is 0 Å². The van der Waals surface area contributed by atoms with Crippen LogP contribution in [0.25, 0.3) is 0 Å². The van der Waals surface area contributed by atoms with Crippen LogP contribution >= 0.6 is 0 Å². The van der Waals surface area contributed by atoms with Crippen LogP contribution in [0, 0.1) is 0 Å². The summed E-state index contributed by atoms with van der Waals surface area (Å²) in [4.78, 5) is 26.1. The Kier molecular flexibility index (Phi) is 4.73. The van der Waals surface area contributed by atoms with Crippen LogP contribution in [0.1, 0.15) is 31.8 Å². The average molecular weight is 420 g/mol. The van der Waals surface area contributed by atoms with Crippen LogP contribution in [-0.4, -0.2) is 24.5 Å². The molecule has 0 saturated carbocycles. The SMILES string of the molecule is C=CNc1c(S(=O)(=O)O)cc(Nc2ccccc2)c2c1C(=O)c1ccccc1C2=O. The van der Waals surface area contributed by atoms with Crippen molar-refractivity contribution >= 4 is 38.7 Å². The molecule has 0 radical (unpaired) electrons. The minimum Gasteiger partial charge on any atom is -0.361 e. The molecule has 8 heteroatoms. The number of fused-ring (bicyclic) bond motifs is 2. The topological polar surface area (TPSA) is 113 Å². The maximum Gasteiger partial charge on any atom is 0.296 e. The Morgan fingerprint density at radius 3 is 2.00 bits per heavy atom. The third-order valence-electron chi connectivity index (χ3n) is 4.74. The van der Waals surface area contributed by atoms with Crippen molar-refractivity contribution in [2.75, 3.05) is 10.6 Å². The molecular formula is C22H16N2O5S. The van der Waals surface area contributed by atoms with E-state index in [0.717, 1.165) is 6.07 Å². The molecule has 7 nitrogen and oxygen atoms in total. The van der Waals surface area contributed by atoms with Gasteiger partial charge in [0, 0.05) is 16.8 Å². The number of rotatable bonds is 5. The lowest BCUT2D eigenvalue weighted by atomic mass is 9.82. The van der Waals surface area contributed by atoms with Gasteiger partial charge in [-0.2, -0.15) is 8.42 Å². The normalized spacial score (nSPS) is 12.7. The lowest BCUT2D eigenvalue weighted by molar-refractivity contribution is 0.0980. The summed E-state index contributed by atoms with van der Waals surface area (Å²) in [5.41, 5.74) is 0.701. The van der Waals surface area contributed by atoms with E-state index in [1.807, 2.05) is 0 Å². The molecule has 1 aliphatic carbocycles. The van der Waals surface area contributed by atoms with Crippen LogP contribution < -0.4 is 10.6 Å². The highest BCUT2D eigenvalue weighted by Gasteiger charge is 2.37. The Balaban J connectivity index is 2.08. The van der Waals surface area contributed by atoms with E-state index in [1.54, 1.807) is 48.5 Å². The smallest absolute Gasteiger partial charge is 0.296 e. The summed E-state index contributed by atoms with van der Waals surface area (Å²) in [6.45, 7) is 3.51. The minimum absolute atomic E-state index is 0.0132. The Bertz CT molecular complexity index is 1310. The number of anilines is 3. The standard InChI is InChI=1S/C22H16N2O5S/c1-2-23-20-17(30(27,28)29)12-16(24-13-8-4-3-5-9-13)18-19(20)22(26)15-11-7-6-10-14(15)21(18)25/h2-12,23-24H,1H2,(H,27,28,29). The van der Waals surface area contributed by atoms with Crippen LogP contribution in [0.5, 0.6) is 0 Å². The van der Waals surface area contributed by atoms with Gasteiger partial charge in [0.05, 0.1) is 22.5 Å². The van der Waals surface area contributed by atoms with Crippen molar-refractivity contribution in [2.24, 2.45) is 0 Å². The third kappa shape index (κ3) is 3.18. The molecule has 3 aromatic rings. The van der Waals surface area contributed by atoms with Crippen LogP contribution in [0.4, 0.5) is 17.1 Å². The van der Waals surface area contributed by atoms with Crippen molar-refractivity contribution < 1.29 is 22.6 Å². The molecule has 0 unspecified atom stereocenters. The van der Waals surface area contributed by atoms with Gasteiger partial charge in [-0.05, 0) is 24.4 Å². The summed E-state index contributed by atoms with van der Waals surface area (Å²) in [6, 6.07) is 16.2. The Morgan fingerprint density at radius 1 is 0.867 bits per heavy atom. The van der Waals surface area contributed by atoms with Crippen molar-refractivity contribution in [3.63, 3.8) is 0 Å². The summed E-state index contributed by atoms with van der Waals surface area (Å²) in [5, 5.41) is 5.60. The molecule has 0 bridgehead atoms. The Labute approximate surface area is 172 Å². The van der Waals surface area contributed by atoms with E-state index in [4.69, 9.17) is 0 Å². The molecule has 0 saturated heterocycles. The van der Waals surface area contributed by atoms with Gasteiger partial charge >= 0.3 is 0 Å². The monoisotopic (exact) mass is 420 g/mol. The second kappa shape index (κ2) is 7.25. The second-order valence-corrected chi connectivity index (χ2v) is 7.96. The summed E-state index contributed by atoms with van der Waals surface area (Å²) >= 11 is 0. The van der Waals surface area contributed by atoms with Gasteiger partial charge in [0.25, 0.3) is 10.1 Å². The lowest BCUT2D eigenvalue weighted by Gasteiger charge is -2.25. The Hall–Kier alpha value is -3.75. The molecular weight excluding hydrogens is 404 g/mol. The third-order valence-corrected chi connectivity index (χ3v) is 5.62. The van der Waals surface area contributed by atoms with Crippen molar-refractivity contribution in [3.05, 3.63) is 95.7 Å². The molecule has 0 fully saturated rings. The quantitative estimate of drug-likeness (QED) is 0.418. The molecule has 150 valence electrons. The number of hydrogen-bond donors (Lipinski definition) is 3. The van der Waals surface area contributed by atoms with Gasteiger partial charge in [-0.15, -0.1) is 0 Å². The summed E-state index contributed by atoms with van der Waals surface area (Å²) in [5.74, 6) is -0.973. The number of para-hydroxylation sites is 1. The van der Waals surface area contributed by atoms with Gasteiger partial charge in [0.2, 0.25) is 0 Å². The van der Waals surface area contributed by atoms with Crippen molar-refractivity contribution in [1.29, 1.82) is 0 Å². The predicted molar refractivity (Wildman–Crippen MR) is 113 cm³/mol. The molecule has 0 heterocycles. The molecule has 4 rings (SSSR count). The fourth-order valence-electron chi connectivity index (χ4n) is 3.49. The van der Waals surface area contributed by atoms with E-state index in [1.165, 1.54) is 12.3 Å². The van der Waals surface area contributed by atoms with E-state index >= 15 is 0 Å². The maximum atomic E-state index is 13.3. The molecule has 0 spiro atoms. The highest BCUT2D eigenvalue weighted by Crippen LogP contribution is 2.41. The van der Waals surface area contributed by atoms with Crippen LogP contribution in [0.3, 0.4) is 0 Å². The highest BCUT2D eigenvalue weighted by atomic mass is 32.2. The highest BCUT2D eigenvalue weighted by molar-refractivity contribution is 7.86. The molecule has 0 aromatic heterocycles. The first-order valence-electron chi connectivity index (χ1n) is 8.89. The molecule has 3 aromatic carbocycles. The first-order chi connectivity index (χ1) is 14.3. The molecule has 3 N–H and O–H groups in total. The van der Waals surface area contributed by atoms with Gasteiger partial charge in [-0.1, -0.05) is 49.0 Å². The van der Waals surface area contributed by atoms with E-state index in [0.29, 0.717) is 5.69 Å². The number of ketones is 2. The number of nitrogens with one attached hydrogen (secondary N) is 2. The number of benzene rings is 3. The van der Waals surface area contributed by atoms with E-state index < -0.39 is 26.6 Å².